The zero-order valence-electron chi connectivity index (χ0n) is 10.3. The molecule has 98 valence electrons. The molecule has 1 saturated heterocycles. The summed E-state index contributed by atoms with van der Waals surface area (Å²) in [4.78, 5) is 24.7. The number of nitrogens with zero attached hydrogens (tertiary/aromatic N) is 1. The Kier molecular flexibility index (Phi) is 4.47. The molecule has 3 N–H and O–H groups in total. The molecule has 0 aromatic rings. The van der Waals surface area contributed by atoms with Crippen LogP contribution in [0.4, 0.5) is 0 Å². The van der Waals surface area contributed by atoms with Gasteiger partial charge in [0.2, 0.25) is 5.91 Å². The zero-order chi connectivity index (χ0) is 13.1. The lowest BCUT2D eigenvalue weighted by atomic mass is 9.91. The molecule has 0 aliphatic carbocycles. The Balaban J connectivity index is 2.88. The summed E-state index contributed by atoms with van der Waals surface area (Å²) in [6, 6.07) is -0.919. The van der Waals surface area contributed by atoms with Crippen LogP contribution in [0.25, 0.3) is 0 Å². The van der Waals surface area contributed by atoms with Crippen LogP contribution in [0.2, 0.25) is 0 Å². The maximum atomic E-state index is 12.3. The number of nitrogens with two attached hydrogens (primary N) is 1. The Hall–Kier alpha value is -1.14. The zero-order valence-corrected chi connectivity index (χ0v) is 10.3. The number of ether oxygens (including phenoxy) is 1. The molecule has 6 nitrogen and oxygen atoms in total. The SMILES string of the molecule is CCC(N)(CC)C(=O)N1CCOCC1C(=O)O. The van der Waals surface area contributed by atoms with Crippen LogP contribution in [0, 0.1) is 0 Å². The minimum Gasteiger partial charge on any atom is -0.480 e. The molecule has 1 aliphatic rings. The van der Waals surface area contributed by atoms with Gasteiger partial charge in [-0.1, -0.05) is 13.8 Å². The van der Waals surface area contributed by atoms with Crippen LogP contribution in [0.1, 0.15) is 26.7 Å². The standard InChI is InChI=1S/C11H20N2O4/c1-3-11(12,4-2)10(16)13-5-6-17-7-8(13)9(14)15/h8H,3-7,12H2,1-2H3,(H,14,15). The van der Waals surface area contributed by atoms with Gasteiger partial charge in [-0.25, -0.2) is 4.79 Å². The quantitative estimate of drug-likeness (QED) is 0.715. The van der Waals surface area contributed by atoms with E-state index in [1.807, 2.05) is 13.8 Å². The van der Waals surface area contributed by atoms with E-state index in [1.165, 1.54) is 4.90 Å². The third-order valence-corrected chi connectivity index (χ3v) is 3.36. The largest absolute Gasteiger partial charge is 0.480 e. The maximum Gasteiger partial charge on any atom is 0.328 e. The van der Waals surface area contributed by atoms with Gasteiger partial charge in [0, 0.05) is 6.54 Å². The first-order chi connectivity index (χ1) is 7.96. The fourth-order valence-electron chi connectivity index (χ4n) is 1.89. The molecule has 0 radical (unpaired) electrons. The van der Waals surface area contributed by atoms with E-state index in [0.29, 0.717) is 19.4 Å². The van der Waals surface area contributed by atoms with Gasteiger partial charge >= 0.3 is 5.97 Å². The van der Waals surface area contributed by atoms with E-state index >= 15 is 0 Å². The van der Waals surface area contributed by atoms with Gasteiger partial charge in [0.05, 0.1) is 18.8 Å². The molecule has 6 heteroatoms. The Morgan fingerprint density at radius 2 is 2.06 bits per heavy atom. The minimum absolute atomic E-state index is 0.0323. The summed E-state index contributed by atoms with van der Waals surface area (Å²) in [5.74, 6) is -1.34. The van der Waals surface area contributed by atoms with Crippen molar-refractivity contribution >= 4 is 11.9 Å². The number of amides is 1. The highest BCUT2D eigenvalue weighted by molar-refractivity contribution is 5.90. The van der Waals surface area contributed by atoms with E-state index in [1.54, 1.807) is 0 Å². The molecule has 1 amide bonds. The second-order valence-corrected chi connectivity index (χ2v) is 4.29. The summed E-state index contributed by atoms with van der Waals surface area (Å²) in [7, 11) is 0. The number of hydrogen-bond donors (Lipinski definition) is 2. The van der Waals surface area contributed by atoms with Crippen molar-refractivity contribution in [2.45, 2.75) is 38.3 Å². The number of hydrogen-bond acceptors (Lipinski definition) is 4. The average Bonchev–Trinajstić information content (AvgIpc) is 2.36. The topological polar surface area (TPSA) is 92.9 Å². The molecule has 0 saturated carbocycles. The molecule has 17 heavy (non-hydrogen) atoms. The molecule has 1 aliphatic heterocycles. The summed E-state index contributed by atoms with van der Waals surface area (Å²) >= 11 is 0. The lowest BCUT2D eigenvalue weighted by Gasteiger charge is -2.38. The molecule has 1 unspecified atom stereocenters. The monoisotopic (exact) mass is 244 g/mol. The fraction of sp³-hybridized carbons (Fsp3) is 0.818. The van der Waals surface area contributed by atoms with Gasteiger partial charge in [-0.05, 0) is 12.8 Å². The van der Waals surface area contributed by atoms with Crippen molar-refractivity contribution in [2.24, 2.45) is 5.73 Å². The third kappa shape index (κ3) is 2.76. The van der Waals surface area contributed by atoms with Gasteiger partial charge in [-0.3, -0.25) is 4.79 Å². The first-order valence-electron chi connectivity index (χ1n) is 5.86. The van der Waals surface area contributed by atoms with Crippen LogP contribution in [0.3, 0.4) is 0 Å². The summed E-state index contributed by atoms with van der Waals surface area (Å²) < 4.78 is 5.09. The van der Waals surface area contributed by atoms with Crippen molar-refractivity contribution < 1.29 is 19.4 Å². The maximum absolute atomic E-state index is 12.3. The normalized spacial score (nSPS) is 21.4. The number of carboxylic acid groups (broad SMARTS) is 1. The van der Waals surface area contributed by atoms with Gasteiger partial charge in [-0.15, -0.1) is 0 Å². The molecule has 0 aromatic heterocycles. The van der Waals surface area contributed by atoms with E-state index in [2.05, 4.69) is 0 Å². The Morgan fingerprint density at radius 1 is 1.47 bits per heavy atom. The second-order valence-electron chi connectivity index (χ2n) is 4.29. The summed E-state index contributed by atoms with van der Waals surface area (Å²) in [6.07, 6.45) is 0.984. The van der Waals surface area contributed by atoms with Crippen molar-refractivity contribution in [3.63, 3.8) is 0 Å². The van der Waals surface area contributed by atoms with E-state index in [0.717, 1.165) is 0 Å². The molecule has 0 bridgehead atoms. The molecule has 0 spiro atoms. The van der Waals surface area contributed by atoms with Gasteiger partial charge in [0.15, 0.2) is 6.04 Å². The lowest BCUT2D eigenvalue weighted by molar-refractivity contribution is -0.161. The van der Waals surface area contributed by atoms with E-state index in [-0.39, 0.29) is 19.1 Å². The molecule has 0 aromatic carbocycles. The number of morpholine rings is 1. The Labute approximate surface area is 101 Å². The van der Waals surface area contributed by atoms with Gasteiger partial charge in [-0.2, -0.15) is 0 Å². The summed E-state index contributed by atoms with van der Waals surface area (Å²) in [5, 5.41) is 9.05. The van der Waals surface area contributed by atoms with Crippen molar-refractivity contribution in [1.82, 2.24) is 4.90 Å². The van der Waals surface area contributed by atoms with Crippen LogP contribution < -0.4 is 5.73 Å². The first-order valence-corrected chi connectivity index (χ1v) is 5.86. The number of carboxylic acids is 1. The summed E-state index contributed by atoms with van der Waals surface area (Å²) in [5.41, 5.74) is 5.04. The molecule has 1 atom stereocenters. The molecule has 1 rings (SSSR count). The average molecular weight is 244 g/mol. The van der Waals surface area contributed by atoms with Crippen LogP contribution in [0.15, 0.2) is 0 Å². The Morgan fingerprint density at radius 3 is 2.53 bits per heavy atom. The summed E-state index contributed by atoms with van der Waals surface area (Å²) in [6.45, 7) is 4.34. The predicted octanol–water partition coefficient (Wildman–Crippen LogP) is -0.184. The smallest absolute Gasteiger partial charge is 0.328 e. The third-order valence-electron chi connectivity index (χ3n) is 3.36. The van der Waals surface area contributed by atoms with Crippen LogP contribution in [-0.4, -0.2) is 53.2 Å². The first kappa shape index (κ1) is 13.9. The molecule has 1 heterocycles. The number of rotatable bonds is 4. The van der Waals surface area contributed by atoms with Crippen molar-refractivity contribution in [1.29, 1.82) is 0 Å². The van der Waals surface area contributed by atoms with Crippen LogP contribution in [0.5, 0.6) is 0 Å². The van der Waals surface area contributed by atoms with E-state index < -0.39 is 17.6 Å². The van der Waals surface area contributed by atoms with Gasteiger partial charge in [0.1, 0.15) is 0 Å². The highest BCUT2D eigenvalue weighted by Crippen LogP contribution is 2.19. The number of aliphatic carboxylic acids is 1. The highest BCUT2D eigenvalue weighted by Gasteiger charge is 2.40. The number of carbonyl (C=O) groups excluding carboxylic acids is 1. The second kappa shape index (κ2) is 5.46. The van der Waals surface area contributed by atoms with Gasteiger partial charge in [0.25, 0.3) is 0 Å². The number of carbonyl (C=O) groups is 2. The molecule has 1 fully saturated rings. The predicted molar refractivity (Wildman–Crippen MR) is 61.5 cm³/mol. The van der Waals surface area contributed by atoms with E-state index in [9.17, 15) is 9.59 Å². The van der Waals surface area contributed by atoms with E-state index in [4.69, 9.17) is 15.6 Å². The van der Waals surface area contributed by atoms with Crippen LogP contribution in [-0.2, 0) is 14.3 Å². The van der Waals surface area contributed by atoms with Crippen molar-refractivity contribution in [3.8, 4) is 0 Å². The van der Waals surface area contributed by atoms with Gasteiger partial charge < -0.3 is 20.5 Å². The fourth-order valence-corrected chi connectivity index (χ4v) is 1.89. The Bertz CT molecular complexity index is 302. The highest BCUT2D eigenvalue weighted by atomic mass is 16.5. The minimum atomic E-state index is -1.05. The van der Waals surface area contributed by atoms with Crippen molar-refractivity contribution in [2.75, 3.05) is 19.8 Å². The lowest BCUT2D eigenvalue weighted by Crippen LogP contribution is -2.62. The van der Waals surface area contributed by atoms with Crippen LogP contribution >= 0.6 is 0 Å². The van der Waals surface area contributed by atoms with Crippen molar-refractivity contribution in [3.05, 3.63) is 0 Å². The molecular formula is C11H20N2O4. The molecular weight excluding hydrogens is 224 g/mol.